The number of benzene rings is 1. The van der Waals surface area contributed by atoms with Crippen molar-refractivity contribution < 1.29 is 13.7 Å². The number of nitrogens with zero attached hydrogens (tertiary/aromatic N) is 1. The zero-order valence-corrected chi connectivity index (χ0v) is 14.7. The van der Waals surface area contributed by atoms with Crippen molar-refractivity contribution in [1.82, 2.24) is 4.90 Å². The van der Waals surface area contributed by atoms with Gasteiger partial charge in [-0.3, -0.25) is 9.00 Å². The first kappa shape index (κ1) is 16.7. The minimum absolute atomic E-state index is 0.0671. The molecule has 22 heavy (non-hydrogen) atoms. The van der Waals surface area contributed by atoms with E-state index in [9.17, 15) is 9.00 Å². The number of methoxy groups -OCH3 is 1. The summed E-state index contributed by atoms with van der Waals surface area (Å²) >= 11 is 1.37. The van der Waals surface area contributed by atoms with Gasteiger partial charge in [0, 0.05) is 29.0 Å². The van der Waals surface area contributed by atoms with E-state index in [-0.39, 0.29) is 11.9 Å². The van der Waals surface area contributed by atoms with Crippen LogP contribution in [0.5, 0.6) is 5.75 Å². The van der Waals surface area contributed by atoms with Gasteiger partial charge in [0.1, 0.15) is 10.6 Å². The summed E-state index contributed by atoms with van der Waals surface area (Å²) in [6.07, 6.45) is 1.65. The minimum Gasteiger partial charge on any atom is -0.495 e. The topological polar surface area (TPSA) is 46.6 Å². The van der Waals surface area contributed by atoms with Crippen LogP contribution in [0, 0.1) is 0 Å². The summed E-state index contributed by atoms with van der Waals surface area (Å²) in [6, 6.07) is 9.21. The van der Waals surface area contributed by atoms with E-state index in [2.05, 4.69) is 0 Å². The maximum absolute atomic E-state index is 12.6. The third kappa shape index (κ3) is 3.39. The lowest BCUT2D eigenvalue weighted by Crippen LogP contribution is -2.29. The summed E-state index contributed by atoms with van der Waals surface area (Å²) in [4.78, 5) is 15.7. The number of rotatable bonds is 5. The summed E-state index contributed by atoms with van der Waals surface area (Å²) in [5.41, 5.74) is 1.00. The lowest BCUT2D eigenvalue weighted by molar-refractivity contribution is 0.0744. The smallest absolute Gasteiger partial charge is 0.267 e. The Morgan fingerprint density at radius 2 is 1.91 bits per heavy atom. The van der Waals surface area contributed by atoms with E-state index in [0.717, 1.165) is 10.5 Å². The highest BCUT2D eigenvalue weighted by molar-refractivity contribution is 7.84. The predicted molar refractivity (Wildman–Crippen MR) is 90.2 cm³/mol. The number of carbonyl (C=O) groups excluding carboxylic acids is 1. The van der Waals surface area contributed by atoms with Crippen LogP contribution in [0.4, 0.5) is 0 Å². The molecule has 1 amide bonds. The Bertz CT molecular complexity index is 679. The Kier molecular flexibility index (Phi) is 5.37. The molecule has 0 aliphatic carbocycles. The molecular formula is C16H19NO3S2. The fourth-order valence-corrected chi connectivity index (χ4v) is 3.47. The van der Waals surface area contributed by atoms with Gasteiger partial charge in [-0.05, 0) is 36.1 Å². The van der Waals surface area contributed by atoms with Crippen LogP contribution in [-0.4, -0.2) is 35.4 Å². The van der Waals surface area contributed by atoms with Gasteiger partial charge in [-0.1, -0.05) is 12.1 Å². The van der Waals surface area contributed by atoms with Crippen molar-refractivity contribution in [2.24, 2.45) is 0 Å². The Labute approximate surface area is 137 Å². The van der Waals surface area contributed by atoms with Crippen LogP contribution in [0.1, 0.15) is 28.2 Å². The van der Waals surface area contributed by atoms with Gasteiger partial charge in [-0.15, -0.1) is 11.3 Å². The van der Waals surface area contributed by atoms with Crippen molar-refractivity contribution in [3.05, 3.63) is 46.2 Å². The number of thiophene rings is 1. The quantitative estimate of drug-likeness (QED) is 0.841. The van der Waals surface area contributed by atoms with Crippen molar-refractivity contribution in [2.75, 3.05) is 20.4 Å². The molecule has 2 rings (SSSR count). The molecule has 0 aliphatic heterocycles. The van der Waals surface area contributed by atoms with Crippen LogP contribution >= 0.6 is 11.3 Å². The molecule has 118 valence electrons. The van der Waals surface area contributed by atoms with E-state index in [1.807, 2.05) is 36.6 Å². The lowest BCUT2D eigenvalue weighted by atomic mass is 10.1. The van der Waals surface area contributed by atoms with Gasteiger partial charge >= 0.3 is 0 Å². The maximum atomic E-state index is 12.6. The van der Waals surface area contributed by atoms with Crippen LogP contribution in [0.15, 0.2) is 40.6 Å². The molecule has 1 heterocycles. The molecule has 2 atom stereocenters. The first-order valence-corrected chi connectivity index (χ1v) is 9.21. The molecule has 0 fully saturated rings. The van der Waals surface area contributed by atoms with Crippen LogP contribution < -0.4 is 4.74 Å². The van der Waals surface area contributed by atoms with Crippen LogP contribution in [-0.2, 0) is 10.8 Å². The zero-order valence-electron chi connectivity index (χ0n) is 13.0. The van der Waals surface area contributed by atoms with E-state index in [1.165, 1.54) is 11.3 Å². The fourth-order valence-electron chi connectivity index (χ4n) is 2.11. The van der Waals surface area contributed by atoms with Crippen molar-refractivity contribution in [1.29, 1.82) is 0 Å². The molecule has 0 spiro atoms. The van der Waals surface area contributed by atoms with Crippen LogP contribution in [0.25, 0.3) is 0 Å². The van der Waals surface area contributed by atoms with Crippen molar-refractivity contribution in [3.8, 4) is 5.75 Å². The van der Waals surface area contributed by atoms with E-state index < -0.39 is 10.8 Å². The molecule has 0 radical (unpaired) electrons. The highest BCUT2D eigenvalue weighted by Gasteiger charge is 2.23. The van der Waals surface area contributed by atoms with Gasteiger partial charge < -0.3 is 9.64 Å². The van der Waals surface area contributed by atoms with Gasteiger partial charge in [-0.2, -0.15) is 0 Å². The summed E-state index contributed by atoms with van der Waals surface area (Å²) < 4.78 is 16.6. The molecular weight excluding hydrogens is 318 g/mol. The molecule has 6 heteroatoms. The third-order valence-electron chi connectivity index (χ3n) is 3.64. The molecule has 0 N–H and O–H groups in total. The molecule has 4 nitrogen and oxygen atoms in total. The van der Waals surface area contributed by atoms with Crippen LogP contribution in [0.3, 0.4) is 0 Å². The van der Waals surface area contributed by atoms with E-state index in [4.69, 9.17) is 4.74 Å². The van der Waals surface area contributed by atoms with Gasteiger partial charge in [0.05, 0.1) is 13.2 Å². The van der Waals surface area contributed by atoms with E-state index >= 15 is 0 Å². The number of carbonyl (C=O) groups is 1. The number of hydrogen-bond donors (Lipinski definition) is 0. The molecule has 0 saturated heterocycles. The second-order valence-electron chi connectivity index (χ2n) is 4.93. The number of hydrogen-bond acceptors (Lipinski definition) is 4. The molecule has 1 aromatic carbocycles. The standard InChI is InChI=1S/C16H19NO3S2/c1-11(12-5-7-13(8-6-12)22(4)19)17(2)16(18)15-14(20-3)9-10-21-15/h5-11H,1-4H3/t11-,22+/m1/s1. The second-order valence-corrected chi connectivity index (χ2v) is 7.23. The second kappa shape index (κ2) is 7.07. The van der Waals surface area contributed by atoms with Crippen molar-refractivity contribution >= 4 is 28.0 Å². The molecule has 0 bridgehead atoms. The molecule has 0 aliphatic rings. The lowest BCUT2D eigenvalue weighted by Gasteiger charge is -2.25. The molecule has 2 aromatic rings. The van der Waals surface area contributed by atoms with E-state index in [0.29, 0.717) is 10.6 Å². The average molecular weight is 337 g/mol. The summed E-state index contributed by atoms with van der Waals surface area (Å²) in [6.45, 7) is 1.97. The van der Waals surface area contributed by atoms with Gasteiger partial charge in [-0.25, -0.2) is 0 Å². The highest BCUT2D eigenvalue weighted by Crippen LogP contribution is 2.29. The van der Waals surface area contributed by atoms with Crippen LogP contribution in [0.2, 0.25) is 0 Å². The first-order valence-electron chi connectivity index (χ1n) is 6.77. The normalized spacial score (nSPS) is 13.5. The number of amides is 1. The van der Waals surface area contributed by atoms with Gasteiger partial charge in [0.2, 0.25) is 0 Å². The van der Waals surface area contributed by atoms with Gasteiger partial charge in [0.25, 0.3) is 5.91 Å². The predicted octanol–water partition coefficient (Wildman–Crippen LogP) is 3.33. The Morgan fingerprint density at radius 3 is 2.45 bits per heavy atom. The Hall–Kier alpha value is -1.66. The maximum Gasteiger partial charge on any atom is 0.267 e. The fraction of sp³-hybridized carbons (Fsp3) is 0.312. The first-order chi connectivity index (χ1) is 10.5. The Morgan fingerprint density at radius 1 is 1.27 bits per heavy atom. The summed E-state index contributed by atoms with van der Waals surface area (Å²) in [5, 5.41) is 1.84. The monoisotopic (exact) mass is 337 g/mol. The van der Waals surface area contributed by atoms with Crippen molar-refractivity contribution in [3.63, 3.8) is 0 Å². The number of ether oxygens (including phenoxy) is 1. The average Bonchev–Trinajstić information content (AvgIpc) is 3.01. The zero-order chi connectivity index (χ0) is 16.3. The van der Waals surface area contributed by atoms with E-state index in [1.54, 1.807) is 31.4 Å². The molecule has 1 aromatic heterocycles. The minimum atomic E-state index is -0.994. The summed E-state index contributed by atoms with van der Waals surface area (Å²) in [5.74, 6) is 0.535. The third-order valence-corrected chi connectivity index (χ3v) is 5.46. The molecule has 0 saturated carbocycles. The molecule has 0 unspecified atom stereocenters. The van der Waals surface area contributed by atoms with Gasteiger partial charge in [0.15, 0.2) is 0 Å². The van der Waals surface area contributed by atoms with Crippen molar-refractivity contribution in [2.45, 2.75) is 17.9 Å². The Balaban J connectivity index is 2.19. The summed E-state index contributed by atoms with van der Waals surface area (Å²) in [7, 11) is 2.34. The SMILES string of the molecule is COc1ccsc1C(=O)N(C)[C@H](C)c1ccc([S@](C)=O)cc1. The largest absolute Gasteiger partial charge is 0.495 e. The highest BCUT2D eigenvalue weighted by atomic mass is 32.2.